The lowest BCUT2D eigenvalue weighted by Crippen LogP contribution is -2.24. The molecule has 0 radical (unpaired) electrons. The van der Waals surface area contributed by atoms with Gasteiger partial charge in [-0.2, -0.15) is 0 Å². The van der Waals surface area contributed by atoms with Crippen LogP contribution >= 0.6 is 34.0 Å². The van der Waals surface area contributed by atoms with Crippen LogP contribution in [0.1, 0.15) is 33.8 Å². The number of aromatic nitrogens is 1. The van der Waals surface area contributed by atoms with Crippen molar-refractivity contribution in [3.63, 3.8) is 0 Å². The first-order valence-corrected chi connectivity index (χ1v) is 8.70. The van der Waals surface area contributed by atoms with Gasteiger partial charge in [0.15, 0.2) is 0 Å². The van der Waals surface area contributed by atoms with E-state index in [2.05, 4.69) is 52.3 Å². The molecule has 98 valence electrons. The van der Waals surface area contributed by atoms with Gasteiger partial charge in [-0.3, -0.25) is 5.32 Å². The molecule has 3 heterocycles. The molecule has 5 heteroatoms. The summed E-state index contributed by atoms with van der Waals surface area (Å²) in [6.07, 6.45) is 1.86. The van der Waals surface area contributed by atoms with Gasteiger partial charge in [-0.25, -0.2) is 4.98 Å². The van der Waals surface area contributed by atoms with E-state index in [-0.39, 0.29) is 12.1 Å². The minimum absolute atomic E-state index is 0.259. The van der Waals surface area contributed by atoms with Gasteiger partial charge < -0.3 is 0 Å². The molecule has 0 fully saturated rings. The van der Waals surface area contributed by atoms with E-state index in [1.54, 1.807) is 34.0 Å². The van der Waals surface area contributed by atoms with Crippen LogP contribution in [0.4, 0.5) is 0 Å². The molecule has 0 saturated carbocycles. The molecule has 3 aromatic heterocycles. The highest BCUT2D eigenvalue weighted by atomic mass is 32.1. The Morgan fingerprint density at radius 1 is 1.00 bits per heavy atom. The predicted molar refractivity (Wildman–Crippen MR) is 84.1 cm³/mol. The van der Waals surface area contributed by atoms with E-state index in [0.29, 0.717) is 0 Å². The van der Waals surface area contributed by atoms with Gasteiger partial charge in [0, 0.05) is 21.3 Å². The second-order valence-corrected chi connectivity index (χ2v) is 7.11. The Morgan fingerprint density at radius 3 is 2.16 bits per heavy atom. The van der Waals surface area contributed by atoms with Crippen LogP contribution in [0.25, 0.3) is 0 Å². The summed E-state index contributed by atoms with van der Waals surface area (Å²) in [5.74, 6) is 0. The van der Waals surface area contributed by atoms with E-state index in [1.165, 1.54) is 9.75 Å². The van der Waals surface area contributed by atoms with Crippen LogP contribution < -0.4 is 5.32 Å². The van der Waals surface area contributed by atoms with Crippen molar-refractivity contribution in [2.24, 2.45) is 0 Å². The summed E-state index contributed by atoms with van der Waals surface area (Å²) in [7, 11) is 0. The molecule has 0 amide bonds. The third kappa shape index (κ3) is 2.95. The average molecular weight is 306 g/mol. The number of thiophene rings is 2. The maximum atomic E-state index is 4.39. The molecule has 19 heavy (non-hydrogen) atoms. The van der Waals surface area contributed by atoms with Crippen LogP contribution in [0.15, 0.2) is 46.6 Å². The largest absolute Gasteiger partial charge is 0.296 e. The van der Waals surface area contributed by atoms with Gasteiger partial charge in [0.05, 0.1) is 12.1 Å². The quantitative estimate of drug-likeness (QED) is 0.738. The van der Waals surface area contributed by atoms with Crippen molar-refractivity contribution >= 4 is 34.0 Å². The van der Waals surface area contributed by atoms with Gasteiger partial charge in [-0.1, -0.05) is 12.1 Å². The van der Waals surface area contributed by atoms with Crippen LogP contribution in [-0.4, -0.2) is 4.98 Å². The molecule has 0 spiro atoms. The van der Waals surface area contributed by atoms with Gasteiger partial charge in [-0.05, 0) is 29.8 Å². The minimum atomic E-state index is 0.259. The Hall–Kier alpha value is -1.01. The Labute approximate surface area is 124 Å². The van der Waals surface area contributed by atoms with Crippen molar-refractivity contribution in [3.05, 3.63) is 61.4 Å². The standard InChI is InChI=1S/C14H14N2S3/c1-10(14-15-6-9-19-14)16-13(11-4-2-7-17-11)12-5-3-8-18-12/h2-10,13,16H,1H3. The molecule has 1 atom stereocenters. The second kappa shape index (κ2) is 5.96. The fourth-order valence-electron chi connectivity index (χ4n) is 1.99. The van der Waals surface area contributed by atoms with Crippen LogP contribution in [-0.2, 0) is 0 Å². The van der Waals surface area contributed by atoms with Gasteiger partial charge in [0.25, 0.3) is 0 Å². The molecule has 2 nitrogen and oxygen atoms in total. The summed E-state index contributed by atoms with van der Waals surface area (Å²) in [5.41, 5.74) is 0. The summed E-state index contributed by atoms with van der Waals surface area (Å²) in [4.78, 5) is 7.10. The van der Waals surface area contributed by atoms with Crippen molar-refractivity contribution in [2.45, 2.75) is 19.0 Å². The van der Waals surface area contributed by atoms with Crippen LogP contribution in [0, 0.1) is 0 Å². The molecule has 1 N–H and O–H groups in total. The highest BCUT2D eigenvalue weighted by Crippen LogP contribution is 2.31. The molecular formula is C14H14N2S3. The summed E-state index contributed by atoms with van der Waals surface area (Å²) in [6.45, 7) is 2.17. The third-order valence-corrected chi connectivity index (χ3v) is 5.73. The first-order chi connectivity index (χ1) is 9.34. The normalized spacial score (nSPS) is 12.9. The van der Waals surface area contributed by atoms with Crippen molar-refractivity contribution in [3.8, 4) is 0 Å². The average Bonchev–Trinajstić information content (AvgIpc) is 3.17. The Morgan fingerprint density at radius 2 is 1.68 bits per heavy atom. The monoisotopic (exact) mass is 306 g/mol. The number of rotatable bonds is 5. The summed E-state index contributed by atoms with van der Waals surface area (Å²) >= 11 is 5.29. The van der Waals surface area contributed by atoms with Gasteiger partial charge in [-0.15, -0.1) is 34.0 Å². The molecular weight excluding hydrogens is 292 g/mol. The van der Waals surface area contributed by atoms with E-state index in [1.807, 2.05) is 11.6 Å². The molecule has 0 bridgehead atoms. The summed E-state index contributed by atoms with van der Waals surface area (Å²) in [5, 5.41) is 11.1. The number of hydrogen-bond donors (Lipinski definition) is 1. The number of thiazole rings is 1. The predicted octanol–water partition coefficient (Wildman–Crippen LogP) is 4.71. The summed E-state index contributed by atoms with van der Waals surface area (Å²) < 4.78 is 0. The van der Waals surface area contributed by atoms with Gasteiger partial charge >= 0.3 is 0 Å². The Bertz CT molecular complexity index is 550. The highest BCUT2D eigenvalue weighted by Gasteiger charge is 2.20. The Balaban J connectivity index is 1.84. The molecule has 0 aromatic carbocycles. The maximum Gasteiger partial charge on any atom is 0.109 e. The minimum Gasteiger partial charge on any atom is -0.296 e. The smallest absolute Gasteiger partial charge is 0.109 e. The number of hydrogen-bond acceptors (Lipinski definition) is 5. The van der Waals surface area contributed by atoms with Crippen molar-refractivity contribution in [1.29, 1.82) is 0 Å². The Kier molecular flexibility index (Phi) is 4.08. The zero-order chi connectivity index (χ0) is 13.1. The number of nitrogens with zero attached hydrogens (tertiary/aromatic N) is 1. The first-order valence-electron chi connectivity index (χ1n) is 6.07. The number of nitrogens with one attached hydrogen (secondary N) is 1. The van der Waals surface area contributed by atoms with Crippen LogP contribution in [0.3, 0.4) is 0 Å². The lowest BCUT2D eigenvalue weighted by Gasteiger charge is -2.20. The van der Waals surface area contributed by atoms with Crippen LogP contribution in [0.2, 0.25) is 0 Å². The zero-order valence-electron chi connectivity index (χ0n) is 10.4. The first kappa shape index (κ1) is 13.0. The topological polar surface area (TPSA) is 24.9 Å². The highest BCUT2D eigenvalue weighted by molar-refractivity contribution is 7.11. The summed E-state index contributed by atoms with van der Waals surface area (Å²) in [6, 6.07) is 9.12. The lowest BCUT2D eigenvalue weighted by molar-refractivity contribution is 0.524. The van der Waals surface area contributed by atoms with Crippen molar-refractivity contribution in [1.82, 2.24) is 10.3 Å². The lowest BCUT2D eigenvalue weighted by atomic mass is 10.1. The zero-order valence-corrected chi connectivity index (χ0v) is 12.9. The van der Waals surface area contributed by atoms with E-state index in [0.717, 1.165) is 5.01 Å². The molecule has 0 aliphatic carbocycles. The maximum absolute atomic E-state index is 4.39. The van der Waals surface area contributed by atoms with Gasteiger partial charge in [0.1, 0.15) is 5.01 Å². The fraction of sp³-hybridized carbons (Fsp3) is 0.214. The third-order valence-electron chi connectivity index (χ3n) is 2.89. The SMILES string of the molecule is CC(NC(c1cccs1)c1cccs1)c1nccs1. The molecule has 0 aliphatic rings. The molecule has 1 unspecified atom stereocenters. The van der Waals surface area contributed by atoms with Crippen molar-refractivity contribution < 1.29 is 0 Å². The van der Waals surface area contributed by atoms with E-state index < -0.39 is 0 Å². The van der Waals surface area contributed by atoms with E-state index in [9.17, 15) is 0 Å². The van der Waals surface area contributed by atoms with E-state index in [4.69, 9.17) is 0 Å². The molecule has 0 aliphatic heterocycles. The van der Waals surface area contributed by atoms with E-state index >= 15 is 0 Å². The molecule has 3 aromatic rings. The molecule has 3 rings (SSSR count). The second-order valence-electron chi connectivity index (χ2n) is 4.22. The van der Waals surface area contributed by atoms with Crippen LogP contribution in [0.5, 0.6) is 0 Å². The van der Waals surface area contributed by atoms with Gasteiger partial charge in [0.2, 0.25) is 0 Å². The fourth-order valence-corrected chi connectivity index (χ4v) is 4.32. The van der Waals surface area contributed by atoms with Crippen molar-refractivity contribution in [2.75, 3.05) is 0 Å². The molecule has 0 saturated heterocycles.